The summed E-state index contributed by atoms with van der Waals surface area (Å²) in [5, 5.41) is 0. The zero-order valence-electron chi connectivity index (χ0n) is 12.2. The second kappa shape index (κ2) is 6.35. The number of hydrogen-bond acceptors (Lipinski definition) is 2. The Kier molecular flexibility index (Phi) is 5.04. The molecule has 0 aromatic carbocycles. The summed E-state index contributed by atoms with van der Waals surface area (Å²) < 4.78 is 11.6. The molecule has 0 aliphatic heterocycles. The van der Waals surface area contributed by atoms with Crippen LogP contribution in [0.3, 0.4) is 0 Å². The second-order valence-corrected chi connectivity index (χ2v) is 8.42. The van der Waals surface area contributed by atoms with E-state index in [0.717, 1.165) is 31.0 Å². The highest BCUT2D eigenvalue weighted by atomic mass is 28.2. The van der Waals surface area contributed by atoms with Crippen molar-refractivity contribution < 1.29 is 9.47 Å². The van der Waals surface area contributed by atoms with Crippen molar-refractivity contribution in [2.24, 2.45) is 17.8 Å². The maximum atomic E-state index is 5.82. The van der Waals surface area contributed by atoms with E-state index in [2.05, 4.69) is 32.9 Å². The van der Waals surface area contributed by atoms with E-state index in [1.54, 1.807) is 0 Å². The molecule has 0 heterocycles. The van der Waals surface area contributed by atoms with Gasteiger partial charge in [0.2, 0.25) is 0 Å². The molecular formula is C15H28O2Si. The molecule has 2 aliphatic carbocycles. The van der Waals surface area contributed by atoms with Crippen molar-refractivity contribution in [1.82, 2.24) is 0 Å². The SMILES string of the molecule is CCOC(C)(OCC)[SiH2]CCC1CC2C=CC1C2. The first-order valence-corrected chi connectivity index (χ1v) is 9.34. The number of fused-ring (bicyclic) bond motifs is 2. The average Bonchev–Trinajstić information content (AvgIpc) is 2.91. The molecule has 0 spiro atoms. The molecule has 0 aromatic rings. The van der Waals surface area contributed by atoms with E-state index in [4.69, 9.17) is 9.47 Å². The van der Waals surface area contributed by atoms with Gasteiger partial charge in [-0.2, -0.15) is 0 Å². The maximum absolute atomic E-state index is 5.82. The van der Waals surface area contributed by atoms with Crippen molar-refractivity contribution in [1.29, 1.82) is 0 Å². The van der Waals surface area contributed by atoms with Crippen molar-refractivity contribution in [3.05, 3.63) is 12.2 Å². The number of hydrogen-bond donors (Lipinski definition) is 0. The summed E-state index contributed by atoms with van der Waals surface area (Å²) in [4.78, 5) is 0. The van der Waals surface area contributed by atoms with Crippen molar-refractivity contribution in [3.8, 4) is 0 Å². The molecule has 0 radical (unpaired) electrons. The summed E-state index contributed by atoms with van der Waals surface area (Å²) in [7, 11) is -0.311. The van der Waals surface area contributed by atoms with Gasteiger partial charge in [0.25, 0.3) is 0 Å². The first kappa shape index (κ1) is 14.3. The zero-order valence-corrected chi connectivity index (χ0v) is 13.6. The Morgan fingerprint density at radius 1 is 1.17 bits per heavy atom. The monoisotopic (exact) mass is 268 g/mol. The van der Waals surface area contributed by atoms with Crippen molar-refractivity contribution in [2.45, 2.75) is 51.5 Å². The average molecular weight is 268 g/mol. The molecule has 18 heavy (non-hydrogen) atoms. The number of ether oxygens (including phenoxy) is 2. The van der Waals surface area contributed by atoms with E-state index in [9.17, 15) is 0 Å². The molecule has 0 aromatic heterocycles. The maximum Gasteiger partial charge on any atom is 0.142 e. The van der Waals surface area contributed by atoms with Crippen LogP contribution in [0.1, 0.15) is 40.0 Å². The molecule has 3 unspecified atom stereocenters. The number of allylic oxidation sites excluding steroid dienone is 2. The third kappa shape index (κ3) is 3.46. The van der Waals surface area contributed by atoms with Crippen LogP contribution in [0.15, 0.2) is 12.2 Å². The third-order valence-electron chi connectivity index (χ3n) is 4.52. The molecule has 0 saturated heterocycles. The third-order valence-corrected chi connectivity index (χ3v) is 6.60. The normalized spacial score (nSPS) is 30.9. The summed E-state index contributed by atoms with van der Waals surface area (Å²) in [6.45, 7) is 7.80. The lowest BCUT2D eigenvalue weighted by Crippen LogP contribution is -2.39. The Hall–Kier alpha value is -0.123. The van der Waals surface area contributed by atoms with Gasteiger partial charge < -0.3 is 9.47 Å². The summed E-state index contributed by atoms with van der Waals surface area (Å²) in [5.74, 6) is 2.77. The second-order valence-electron chi connectivity index (χ2n) is 5.93. The standard InChI is InChI=1S/C15H28O2Si/c1-4-16-15(3,17-5-2)18-9-8-14-11-12-6-7-13(14)10-12/h6-7,12-14H,4-5,8-11,18H2,1-3H3. The van der Waals surface area contributed by atoms with Crippen molar-refractivity contribution in [2.75, 3.05) is 13.2 Å². The van der Waals surface area contributed by atoms with Crippen LogP contribution in [0.4, 0.5) is 0 Å². The molecule has 2 rings (SSSR count). The summed E-state index contributed by atoms with van der Waals surface area (Å²) in [5.41, 5.74) is -0.225. The van der Waals surface area contributed by atoms with Gasteiger partial charge >= 0.3 is 0 Å². The van der Waals surface area contributed by atoms with Crippen LogP contribution in [0.5, 0.6) is 0 Å². The lowest BCUT2D eigenvalue weighted by Gasteiger charge is -2.30. The molecule has 3 atom stereocenters. The van der Waals surface area contributed by atoms with E-state index >= 15 is 0 Å². The topological polar surface area (TPSA) is 18.5 Å². The highest BCUT2D eigenvalue weighted by Crippen LogP contribution is 2.45. The highest BCUT2D eigenvalue weighted by Gasteiger charge is 2.35. The predicted octanol–water partition coefficient (Wildman–Crippen LogP) is 2.92. The predicted molar refractivity (Wildman–Crippen MR) is 78.5 cm³/mol. The van der Waals surface area contributed by atoms with Crippen LogP contribution in [0.2, 0.25) is 6.04 Å². The van der Waals surface area contributed by atoms with Crippen LogP contribution < -0.4 is 0 Å². The van der Waals surface area contributed by atoms with E-state index in [1.165, 1.54) is 25.3 Å². The molecule has 1 fully saturated rings. The van der Waals surface area contributed by atoms with E-state index in [1.807, 2.05) is 0 Å². The zero-order chi connectivity index (χ0) is 13.0. The fraction of sp³-hybridized carbons (Fsp3) is 0.867. The largest absolute Gasteiger partial charge is 0.355 e. The molecule has 1 saturated carbocycles. The van der Waals surface area contributed by atoms with Gasteiger partial charge in [-0.1, -0.05) is 24.6 Å². The Labute approximate surface area is 114 Å². The Morgan fingerprint density at radius 2 is 1.89 bits per heavy atom. The fourth-order valence-electron chi connectivity index (χ4n) is 3.71. The Balaban J connectivity index is 1.71. The van der Waals surface area contributed by atoms with Crippen LogP contribution in [0, 0.1) is 17.8 Å². The quantitative estimate of drug-likeness (QED) is 0.383. The smallest absolute Gasteiger partial charge is 0.142 e. The molecule has 3 heteroatoms. The summed E-state index contributed by atoms with van der Waals surface area (Å²) >= 11 is 0. The molecule has 2 bridgehead atoms. The van der Waals surface area contributed by atoms with Gasteiger partial charge in [-0.05, 0) is 51.4 Å². The van der Waals surface area contributed by atoms with Crippen molar-refractivity contribution >= 4 is 9.52 Å². The van der Waals surface area contributed by atoms with Gasteiger partial charge in [0, 0.05) is 13.2 Å². The summed E-state index contributed by atoms with van der Waals surface area (Å²) in [6.07, 6.45) is 9.16. The molecule has 0 amide bonds. The van der Waals surface area contributed by atoms with Crippen LogP contribution in [-0.4, -0.2) is 28.1 Å². The van der Waals surface area contributed by atoms with E-state index in [-0.39, 0.29) is 14.9 Å². The highest BCUT2D eigenvalue weighted by molar-refractivity contribution is 6.38. The molecule has 0 N–H and O–H groups in total. The van der Waals surface area contributed by atoms with Gasteiger partial charge in [-0.25, -0.2) is 0 Å². The lowest BCUT2D eigenvalue weighted by molar-refractivity contribution is -0.163. The van der Waals surface area contributed by atoms with Crippen molar-refractivity contribution in [3.63, 3.8) is 0 Å². The van der Waals surface area contributed by atoms with E-state index in [0.29, 0.717) is 0 Å². The minimum absolute atomic E-state index is 0.225. The minimum Gasteiger partial charge on any atom is -0.355 e. The Morgan fingerprint density at radius 3 is 2.39 bits per heavy atom. The van der Waals surface area contributed by atoms with Gasteiger partial charge in [-0.15, -0.1) is 0 Å². The lowest BCUT2D eigenvalue weighted by atomic mass is 9.91. The molecule has 2 nitrogen and oxygen atoms in total. The summed E-state index contributed by atoms with van der Waals surface area (Å²) in [6, 6.07) is 1.36. The minimum atomic E-state index is -0.311. The molecular weight excluding hydrogens is 240 g/mol. The molecule has 2 aliphatic rings. The van der Waals surface area contributed by atoms with Gasteiger partial charge in [-0.3, -0.25) is 0 Å². The van der Waals surface area contributed by atoms with Crippen LogP contribution in [-0.2, 0) is 9.47 Å². The first-order valence-electron chi connectivity index (χ1n) is 7.63. The number of rotatable bonds is 8. The Bertz CT molecular complexity index is 284. The fourth-order valence-corrected chi connectivity index (χ4v) is 5.78. The molecule has 104 valence electrons. The van der Waals surface area contributed by atoms with E-state index < -0.39 is 0 Å². The van der Waals surface area contributed by atoms with Gasteiger partial charge in [0.1, 0.15) is 5.41 Å². The van der Waals surface area contributed by atoms with Crippen LogP contribution in [0.25, 0.3) is 0 Å². The van der Waals surface area contributed by atoms with Gasteiger partial charge in [0.05, 0.1) is 9.52 Å². The first-order chi connectivity index (χ1) is 8.67. The van der Waals surface area contributed by atoms with Gasteiger partial charge in [0.15, 0.2) is 0 Å². The van der Waals surface area contributed by atoms with Crippen LogP contribution >= 0.6 is 0 Å².